The van der Waals surface area contributed by atoms with Gasteiger partial charge in [0.15, 0.2) is 5.06 Å². The van der Waals surface area contributed by atoms with Crippen molar-refractivity contribution in [3.8, 4) is 5.06 Å². The smallest absolute Gasteiger partial charge is 0.308 e. The van der Waals surface area contributed by atoms with Crippen molar-refractivity contribution >= 4 is 28.9 Å². The molecule has 0 unspecified atom stereocenters. The summed E-state index contributed by atoms with van der Waals surface area (Å²) in [5.41, 5.74) is 1.67. The molecular formula is C16H15ClFNO2S. The first-order chi connectivity index (χ1) is 10.5. The Bertz CT molecular complexity index is 696. The third-order valence-corrected chi connectivity index (χ3v) is 5.08. The largest absolute Gasteiger partial charge is 0.416 e. The fourth-order valence-electron chi connectivity index (χ4n) is 2.60. The quantitative estimate of drug-likeness (QED) is 0.791. The zero-order valence-corrected chi connectivity index (χ0v) is 13.6. The van der Waals surface area contributed by atoms with Crippen molar-refractivity contribution in [3.05, 3.63) is 51.1 Å². The van der Waals surface area contributed by atoms with E-state index in [9.17, 15) is 9.18 Å². The minimum absolute atomic E-state index is 0.274. The molecular weight excluding hydrogens is 325 g/mol. The highest BCUT2D eigenvalue weighted by atomic mass is 35.5. The molecule has 3 nitrogen and oxygen atoms in total. The highest BCUT2D eigenvalue weighted by Gasteiger charge is 2.21. The number of ether oxygens (including phenoxy) is 1. The van der Waals surface area contributed by atoms with Gasteiger partial charge in [0.2, 0.25) is 0 Å². The number of hydrogen-bond donors (Lipinski definition) is 0. The molecule has 22 heavy (non-hydrogen) atoms. The molecule has 0 N–H and O–H groups in total. The van der Waals surface area contributed by atoms with Crippen LogP contribution >= 0.6 is 22.9 Å². The van der Waals surface area contributed by atoms with E-state index in [2.05, 4.69) is 4.90 Å². The predicted octanol–water partition coefficient (Wildman–Crippen LogP) is 4.02. The van der Waals surface area contributed by atoms with Gasteiger partial charge in [0.05, 0.1) is 0 Å². The summed E-state index contributed by atoms with van der Waals surface area (Å²) in [5.74, 6) is -0.585. The zero-order chi connectivity index (χ0) is 15.7. The van der Waals surface area contributed by atoms with E-state index in [1.807, 2.05) is 6.07 Å². The Kier molecular flexibility index (Phi) is 4.47. The number of rotatable bonds is 3. The van der Waals surface area contributed by atoms with E-state index in [-0.39, 0.29) is 11.8 Å². The summed E-state index contributed by atoms with van der Waals surface area (Å²) < 4.78 is 19.0. The molecule has 1 aliphatic heterocycles. The molecule has 6 heteroatoms. The van der Waals surface area contributed by atoms with Crippen molar-refractivity contribution in [2.75, 3.05) is 6.54 Å². The summed E-state index contributed by atoms with van der Waals surface area (Å²) in [4.78, 5) is 14.4. The number of carbonyl (C=O) groups excluding carboxylic acids is 1. The van der Waals surface area contributed by atoms with Crippen molar-refractivity contribution in [1.29, 1.82) is 0 Å². The Morgan fingerprint density at radius 3 is 3.05 bits per heavy atom. The molecule has 0 bridgehead atoms. The Balaban J connectivity index is 1.74. The lowest BCUT2D eigenvalue weighted by Crippen LogP contribution is -2.29. The fraction of sp³-hybridized carbons (Fsp3) is 0.312. The molecule has 0 atom stereocenters. The lowest BCUT2D eigenvalue weighted by molar-refractivity contribution is -0.131. The van der Waals surface area contributed by atoms with Gasteiger partial charge in [-0.15, -0.1) is 11.3 Å². The summed E-state index contributed by atoms with van der Waals surface area (Å²) in [6.45, 7) is 3.41. The van der Waals surface area contributed by atoms with Gasteiger partial charge in [-0.05, 0) is 30.2 Å². The average Bonchev–Trinajstić information content (AvgIpc) is 2.83. The van der Waals surface area contributed by atoms with E-state index in [1.165, 1.54) is 29.2 Å². The molecule has 3 rings (SSSR count). The van der Waals surface area contributed by atoms with Gasteiger partial charge in [0.1, 0.15) is 5.82 Å². The first-order valence-corrected chi connectivity index (χ1v) is 8.17. The van der Waals surface area contributed by atoms with Crippen LogP contribution < -0.4 is 4.74 Å². The second kappa shape index (κ2) is 6.36. The molecule has 0 aliphatic carbocycles. The monoisotopic (exact) mass is 339 g/mol. The third kappa shape index (κ3) is 3.32. The second-order valence-corrected chi connectivity index (χ2v) is 6.77. The lowest BCUT2D eigenvalue weighted by Gasteiger charge is -2.27. The molecule has 0 saturated carbocycles. The van der Waals surface area contributed by atoms with Gasteiger partial charge >= 0.3 is 5.97 Å². The molecule has 0 fully saturated rings. The number of fused-ring (bicyclic) bond motifs is 1. The van der Waals surface area contributed by atoms with E-state index in [0.29, 0.717) is 28.7 Å². The van der Waals surface area contributed by atoms with Gasteiger partial charge in [-0.25, -0.2) is 4.39 Å². The summed E-state index contributed by atoms with van der Waals surface area (Å²) in [7, 11) is 0. The van der Waals surface area contributed by atoms with E-state index in [1.54, 1.807) is 12.1 Å². The number of nitrogens with zero attached hydrogens (tertiary/aromatic N) is 1. The van der Waals surface area contributed by atoms with Gasteiger partial charge in [0, 0.05) is 42.0 Å². The van der Waals surface area contributed by atoms with Gasteiger partial charge in [-0.2, -0.15) is 0 Å². The van der Waals surface area contributed by atoms with Gasteiger partial charge in [-0.1, -0.05) is 17.7 Å². The van der Waals surface area contributed by atoms with Crippen LogP contribution in [-0.2, 0) is 24.3 Å². The summed E-state index contributed by atoms with van der Waals surface area (Å²) in [5, 5.41) is 1.08. The first-order valence-electron chi connectivity index (χ1n) is 6.98. The maximum absolute atomic E-state index is 13.9. The maximum atomic E-state index is 13.9. The standard InChI is InChI=1S/C16H15ClFNO2S/c1-10(20)21-16-7-11-8-19(6-5-15(11)22-16)9-12-13(17)3-2-4-14(12)18/h2-4,7H,5-6,8-9H2,1H3. The molecule has 0 spiro atoms. The molecule has 0 amide bonds. The summed E-state index contributed by atoms with van der Waals surface area (Å²) in [6, 6.07) is 6.65. The van der Waals surface area contributed by atoms with Crippen molar-refractivity contribution in [1.82, 2.24) is 4.90 Å². The SMILES string of the molecule is CC(=O)Oc1cc2c(s1)CCN(Cc1c(F)cccc1Cl)C2. The number of halogens is 2. The highest BCUT2D eigenvalue weighted by Crippen LogP contribution is 2.34. The van der Waals surface area contributed by atoms with Crippen molar-refractivity contribution < 1.29 is 13.9 Å². The fourth-order valence-corrected chi connectivity index (χ4v) is 3.87. The molecule has 2 aromatic rings. The second-order valence-electron chi connectivity index (χ2n) is 5.27. The van der Waals surface area contributed by atoms with Crippen LogP contribution in [0, 0.1) is 5.82 Å². The zero-order valence-electron chi connectivity index (χ0n) is 12.1. The van der Waals surface area contributed by atoms with Crippen LogP contribution in [0.15, 0.2) is 24.3 Å². The van der Waals surface area contributed by atoms with Crippen LogP contribution in [0.25, 0.3) is 0 Å². The van der Waals surface area contributed by atoms with Crippen LogP contribution in [0.4, 0.5) is 4.39 Å². The topological polar surface area (TPSA) is 29.5 Å². The number of carbonyl (C=O) groups is 1. The third-order valence-electron chi connectivity index (χ3n) is 3.61. The highest BCUT2D eigenvalue weighted by molar-refractivity contribution is 7.14. The van der Waals surface area contributed by atoms with Crippen LogP contribution in [0.1, 0.15) is 22.9 Å². The van der Waals surface area contributed by atoms with Crippen LogP contribution in [0.3, 0.4) is 0 Å². The average molecular weight is 340 g/mol. The van der Waals surface area contributed by atoms with Crippen LogP contribution in [-0.4, -0.2) is 17.4 Å². The lowest BCUT2D eigenvalue weighted by atomic mass is 10.1. The number of esters is 1. The number of benzene rings is 1. The van der Waals surface area contributed by atoms with Gasteiger partial charge < -0.3 is 4.74 Å². The predicted molar refractivity (Wildman–Crippen MR) is 84.9 cm³/mol. The molecule has 1 aromatic carbocycles. The van der Waals surface area contributed by atoms with E-state index in [0.717, 1.165) is 18.5 Å². The Labute approximate surface area is 137 Å². The summed E-state index contributed by atoms with van der Waals surface area (Å²) >= 11 is 7.60. The number of hydrogen-bond acceptors (Lipinski definition) is 4. The van der Waals surface area contributed by atoms with Gasteiger partial charge in [-0.3, -0.25) is 9.69 Å². The Morgan fingerprint density at radius 2 is 2.32 bits per heavy atom. The summed E-state index contributed by atoms with van der Waals surface area (Å²) in [6.07, 6.45) is 0.868. The van der Waals surface area contributed by atoms with E-state index in [4.69, 9.17) is 16.3 Å². The molecule has 1 aliphatic rings. The van der Waals surface area contributed by atoms with Crippen LogP contribution in [0.5, 0.6) is 5.06 Å². The molecule has 116 valence electrons. The molecule has 2 heterocycles. The minimum atomic E-state index is -0.311. The molecule has 1 aromatic heterocycles. The first kappa shape index (κ1) is 15.5. The minimum Gasteiger partial charge on any atom is -0.416 e. The van der Waals surface area contributed by atoms with Crippen molar-refractivity contribution in [2.45, 2.75) is 26.4 Å². The maximum Gasteiger partial charge on any atom is 0.308 e. The molecule has 0 radical (unpaired) electrons. The van der Waals surface area contributed by atoms with Crippen LogP contribution in [0.2, 0.25) is 5.02 Å². The normalized spacial score (nSPS) is 14.7. The van der Waals surface area contributed by atoms with Crippen molar-refractivity contribution in [2.24, 2.45) is 0 Å². The number of thiophene rings is 1. The van der Waals surface area contributed by atoms with E-state index < -0.39 is 0 Å². The molecule has 0 saturated heterocycles. The van der Waals surface area contributed by atoms with Gasteiger partial charge in [0.25, 0.3) is 0 Å². The van der Waals surface area contributed by atoms with Crippen molar-refractivity contribution in [3.63, 3.8) is 0 Å². The Morgan fingerprint density at radius 1 is 1.50 bits per heavy atom. The Hall–Kier alpha value is -1.43. The van der Waals surface area contributed by atoms with E-state index >= 15 is 0 Å².